The zero-order valence-electron chi connectivity index (χ0n) is 19.1. The zero-order valence-corrected chi connectivity index (χ0v) is 20.8. The molecule has 3 rings (SSSR count). The van der Waals surface area contributed by atoms with Crippen LogP contribution in [0, 0.1) is 5.41 Å². The van der Waals surface area contributed by atoms with Crippen molar-refractivity contribution in [2.75, 3.05) is 14.2 Å². The minimum atomic E-state index is -1.24. The fourth-order valence-electron chi connectivity index (χ4n) is 3.84. The number of amidine groups is 1. The molecule has 3 aliphatic heterocycles. The first kappa shape index (κ1) is 24.8. The molecular formula is C20H32N2O7S2. The third-order valence-corrected chi connectivity index (χ3v) is 9.44. The molecule has 1 unspecified atom stereocenters. The highest BCUT2D eigenvalue weighted by Crippen LogP contribution is 2.52. The molecule has 11 heteroatoms. The van der Waals surface area contributed by atoms with Crippen LogP contribution in [0.15, 0.2) is 4.99 Å². The van der Waals surface area contributed by atoms with Crippen molar-refractivity contribution in [3.05, 3.63) is 0 Å². The Morgan fingerprint density at radius 3 is 2.23 bits per heavy atom. The van der Waals surface area contributed by atoms with Gasteiger partial charge in [-0.1, -0.05) is 32.5 Å². The first-order chi connectivity index (χ1) is 14.3. The lowest BCUT2D eigenvalue weighted by molar-refractivity contribution is -0.448. The molecule has 0 bridgehead atoms. The van der Waals surface area contributed by atoms with Gasteiger partial charge in [-0.15, -0.1) is 11.8 Å². The largest absolute Gasteiger partial charge is 0.465 e. The van der Waals surface area contributed by atoms with Crippen molar-refractivity contribution in [3.8, 4) is 0 Å². The SMILES string of the molecule is CO[C@@]1(C)O[C@@H]2[C@H]3N=C(N(C(=O)O)C(C)C(C)(C)C)S[C@H]3S[C@H](C=O)[C@H]2O[C@]1(C)OC. The second-order valence-corrected chi connectivity index (χ2v) is 12.0. The number of methoxy groups -OCH3 is 2. The van der Waals surface area contributed by atoms with Crippen LogP contribution in [0.25, 0.3) is 0 Å². The molecule has 2 fully saturated rings. The van der Waals surface area contributed by atoms with Crippen molar-refractivity contribution in [1.82, 2.24) is 4.90 Å². The number of thioether (sulfide) groups is 2. The van der Waals surface area contributed by atoms with Crippen molar-refractivity contribution in [2.24, 2.45) is 10.4 Å². The van der Waals surface area contributed by atoms with Gasteiger partial charge in [0.1, 0.15) is 24.5 Å². The Morgan fingerprint density at radius 2 is 1.77 bits per heavy atom. The minimum absolute atomic E-state index is 0.183. The number of carbonyl (C=O) groups is 2. The van der Waals surface area contributed by atoms with Crippen molar-refractivity contribution in [1.29, 1.82) is 0 Å². The minimum Gasteiger partial charge on any atom is -0.465 e. The molecule has 8 atom stereocenters. The Labute approximate surface area is 191 Å². The molecule has 0 aromatic heterocycles. The van der Waals surface area contributed by atoms with Crippen LogP contribution >= 0.6 is 23.5 Å². The van der Waals surface area contributed by atoms with Crippen LogP contribution in [0.2, 0.25) is 0 Å². The molecule has 2 saturated heterocycles. The second-order valence-electron chi connectivity index (χ2n) is 9.28. The molecule has 0 saturated carbocycles. The maximum atomic E-state index is 12.1. The van der Waals surface area contributed by atoms with Gasteiger partial charge >= 0.3 is 6.09 Å². The quantitative estimate of drug-likeness (QED) is 0.613. The molecule has 0 aliphatic carbocycles. The fraction of sp³-hybridized carbons (Fsp3) is 0.850. The molecule has 31 heavy (non-hydrogen) atoms. The average Bonchev–Trinajstić information content (AvgIpc) is 3.11. The van der Waals surface area contributed by atoms with E-state index in [-0.39, 0.29) is 16.0 Å². The number of rotatable bonds is 4. The molecule has 176 valence electrons. The smallest absolute Gasteiger partial charge is 0.413 e. The summed E-state index contributed by atoms with van der Waals surface area (Å²) in [6, 6.07) is -0.709. The second kappa shape index (κ2) is 8.49. The van der Waals surface area contributed by atoms with Crippen molar-refractivity contribution in [2.45, 2.75) is 87.2 Å². The Kier molecular flexibility index (Phi) is 6.79. The first-order valence-electron chi connectivity index (χ1n) is 10.1. The van der Waals surface area contributed by atoms with Crippen LogP contribution in [0.1, 0.15) is 41.5 Å². The van der Waals surface area contributed by atoms with E-state index in [2.05, 4.69) is 0 Å². The topological polar surface area (TPSA) is 107 Å². The van der Waals surface area contributed by atoms with Crippen LogP contribution in [-0.4, -0.2) is 87.5 Å². The van der Waals surface area contributed by atoms with Gasteiger partial charge in [-0.2, -0.15) is 0 Å². The highest BCUT2D eigenvalue weighted by molar-refractivity contribution is 8.25. The van der Waals surface area contributed by atoms with Gasteiger partial charge in [0.05, 0.1) is 9.83 Å². The van der Waals surface area contributed by atoms with E-state index in [0.717, 1.165) is 6.29 Å². The Bertz CT molecular complexity index is 760. The van der Waals surface area contributed by atoms with E-state index in [0.29, 0.717) is 5.17 Å². The van der Waals surface area contributed by atoms with E-state index in [1.807, 2.05) is 27.7 Å². The van der Waals surface area contributed by atoms with E-state index in [1.54, 1.807) is 13.8 Å². The van der Waals surface area contributed by atoms with E-state index in [4.69, 9.17) is 23.9 Å². The number of hydrogen-bond acceptors (Lipinski definition) is 9. The molecular weight excluding hydrogens is 444 g/mol. The predicted molar refractivity (Wildman–Crippen MR) is 119 cm³/mol. The number of aliphatic imine (C=N–C) groups is 1. The van der Waals surface area contributed by atoms with Gasteiger partial charge in [-0.3, -0.25) is 9.89 Å². The van der Waals surface area contributed by atoms with Crippen LogP contribution in [0.4, 0.5) is 4.79 Å². The Hall–Kier alpha value is -0.850. The molecule has 0 spiro atoms. The number of carboxylic acid groups (broad SMARTS) is 1. The third kappa shape index (κ3) is 4.13. The molecule has 0 radical (unpaired) electrons. The summed E-state index contributed by atoms with van der Waals surface area (Å²) >= 11 is 2.77. The molecule has 1 N–H and O–H groups in total. The van der Waals surface area contributed by atoms with Crippen LogP contribution < -0.4 is 0 Å². The number of amides is 1. The zero-order chi connectivity index (χ0) is 23.4. The Morgan fingerprint density at radius 1 is 1.23 bits per heavy atom. The van der Waals surface area contributed by atoms with Gasteiger partial charge < -0.3 is 28.8 Å². The van der Waals surface area contributed by atoms with Crippen LogP contribution in [-0.2, 0) is 23.7 Å². The lowest BCUT2D eigenvalue weighted by Gasteiger charge is -2.55. The number of fused-ring (bicyclic) bond motifs is 3. The summed E-state index contributed by atoms with van der Waals surface area (Å²) in [6.45, 7) is 11.3. The van der Waals surface area contributed by atoms with Gasteiger partial charge in [0, 0.05) is 20.3 Å². The molecule has 1 amide bonds. The van der Waals surface area contributed by atoms with Gasteiger partial charge in [0.2, 0.25) is 11.6 Å². The highest BCUT2D eigenvalue weighted by Gasteiger charge is 2.63. The average molecular weight is 477 g/mol. The van der Waals surface area contributed by atoms with Crippen LogP contribution in [0.3, 0.4) is 0 Å². The van der Waals surface area contributed by atoms with E-state index >= 15 is 0 Å². The normalized spacial score (nSPS) is 41.0. The molecule has 0 aromatic carbocycles. The fourth-order valence-corrected chi connectivity index (χ4v) is 6.92. The summed E-state index contributed by atoms with van der Waals surface area (Å²) in [5, 5.41) is 9.83. The standard InChI is InChI=1S/C20H32N2O7S2/c1-10(18(2,3)4)22(17(24)25)16-21-12-14-13(11(9-23)30-15(12)31-16)28-19(5,26-7)20(6,27-8)29-14/h9-15H,1-8H3,(H,24,25)/t10?,11-,12-,13-,14-,15-,19+,20+/m1/s1. The third-order valence-electron chi connectivity index (χ3n) is 6.55. The van der Waals surface area contributed by atoms with Crippen LogP contribution in [0.5, 0.6) is 0 Å². The number of nitrogens with zero attached hydrogens (tertiary/aromatic N) is 2. The lowest BCUT2D eigenvalue weighted by atomic mass is 9.87. The molecule has 9 nitrogen and oxygen atoms in total. The maximum absolute atomic E-state index is 12.1. The first-order valence-corrected chi connectivity index (χ1v) is 12.0. The number of carbonyl (C=O) groups excluding carboxylic acids is 1. The maximum Gasteiger partial charge on any atom is 0.413 e. The number of hydrogen-bond donors (Lipinski definition) is 1. The summed E-state index contributed by atoms with van der Waals surface area (Å²) in [4.78, 5) is 30.1. The summed E-state index contributed by atoms with van der Waals surface area (Å²) < 4.78 is 23.6. The summed E-state index contributed by atoms with van der Waals surface area (Å²) in [6.07, 6.45) is -1.42. The van der Waals surface area contributed by atoms with Crippen molar-refractivity contribution >= 4 is 41.1 Å². The molecule has 0 aromatic rings. The van der Waals surface area contributed by atoms with Gasteiger partial charge in [-0.25, -0.2) is 4.79 Å². The lowest BCUT2D eigenvalue weighted by Crippen LogP contribution is -2.70. The van der Waals surface area contributed by atoms with E-state index in [1.165, 1.54) is 42.6 Å². The number of ether oxygens (including phenoxy) is 4. The Balaban J connectivity index is 1.98. The van der Waals surface area contributed by atoms with E-state index < -0.39 is 41.2 Å². The summed E-state index contributed by atoms with van der Waals surface area (Å²) in [5.41, 5.74) is -0.282. The number of aldehydes is 1. The predicted octanol–water partition coefficient (Wildman–Crippen LogP) is 3.02. The van der Waals surface area contributed by atoms with E-state index in [9.17, 15) is 14.7 Å². The summed E-state index contributed by atoms with van der Waals surface area (Å²) in [7, 11) is 3.00. The monoisotopic (exact) mass is 476 g/mol. The van der Waals surface area contributed by atoms with Crippen molar-refractivity contribution < 1.29 is 33.6 Å². The van der Waals surface area contributed by atoms with Crippen molar-refractivity contribution in [3.63, 3.8) is 0 Å². The van der Waals surface area contributed by atoms with Gasteiger partial charge in [-0.05, 0) is 26.2 Å². The molecule has 3 heterocycles. The van der Waals surface area contributed by atoms with Gasteiger partial charge in [0.25, 0.3) is 0 Å². The molecule has 3 aliphatic rings. The van der Waals surface area contributed by atoms with Gasteiger partial charge in [0.15, 0.2) is 5.17 Å². The summed E-state index contributed by atoms with van der Waals surface area (Å²) in [5.74, 6) is -2.47. The highest BCUT2D eigenvalue weighted by atomic mass is 32.2.